The number of imidazole rings is 1. The van der Waals surface area contributed by atoms with Crippen LogP contribution in [0.3, 0.4) is 0 Å². The molecule has 1 atom stereocenters. The summed E-state index contributed by atoms with van der Waals surface area (Å²) in [6, 6.07) is 9.09. The van der Waals surface area contributed by atoms with Crippen LogP contribution in [-0.4, -0.2) is 72.4 Å². The molecule has 214 valence electrons. The minimum absolute atomic E-state index is 0.0176. The van der Waals surface area contributed by atoms with Crippen LogP contribution in [0.2, 0.25) is 5.02 Å². The lowest BCUT2D eigenvalue weighted by Gasteiger charge is -2.32. The number of nitrogens with zero attached hydrogens (tertiary/aromatic N) is 6. The average Bonchev–Trinajstić information content (AvgIpc) is 3.30. The molecular formula is C28H30ClFN8O3. The zero-order chi connectivity index (χ0) is 28.3. The number of benzene rings is 1. The van der Waals surface area contributed by atoms with Crippen molar-refractivity contribution in [2.24, 2.45) is 0 Å². The molecule has 0 unspecified atom stereocenters. The zero-order valence-corrected chi connectivity index (χ0v) is 23.0. The highest BCUT2D eigenvalue weighted by Crippen LogP contribution is 2.25. The van der Waals surface area contributed by atoms with Crippen molar-refractivity contribution in [2.45, 2.75) is 51.0 Å². The van der Waals surface area contributed by atoms with Crippen LogP contribution in [0, 0.1) is 11.2 Å². The fourth-order valence-electron chi connectivity index (χ4n) is 5.11. The summed E-state index contributed by atoms with van der Waals surface area (Å²) in [6.45, 7) is 3.55. The summed E-state index contributed by atoms with van der Waals surface area (Å²) in [4.78, 5) is 20.0. The standard InChI is InChI=1S/C28H30ClFN8O3/c29-18-3-1-17(2-4-18)11-25-33-13-21(30)28(35-25)41-19-5-8-37(9-6-19)16-26-34-22-12-23(27(31)36-39)32-14-24(22)38(26)15-20-7-10-40-20/h1-4,12-14,19-20,39H,5-11,15-16H2,(H2,31,36)/t20-/m0/s1. The van der Waals surface area contributed by atoms with E-state index in [4.69, 9.17) is 36.7 Å². The van der Waals surface area contributed by atoms with Gasteiger partial charge >= 0.3 is 0 Å². The molecule has 11 nitrogen and oxygen atoms in total. The van der Waals surface area contributed by atoms with Gasteiger partial charge < -0.3 is 14.0 Å². The van der Waals surface area contributed by atoms with Gasteiger partial charge in [0.05, 0.1) is 42.6 Å². The number of halogens is 2. The Kier molecular flexibility index (Phi) is 8.06. The van der Waals surface area contributed by atoms with E-state index in [-0.39, 0.29) is 23.9 Å². The van der Waals surface area contributed by atoms with Crippen molar-refractivity contribution in [1.29, 1.82) is 5.41 Å². The monoisotopic (exact) mass is 580 g/mol. The van der Waals surface area contributed by atoms with Crippen LogP contribution >= 0.6 is 11.6 Å². The predicted octanol–water partition coefficient (Wildman–Crippen LogP) is 3.74. The van der Waals surface area contributed by atoms with E-state index in [0.29, 0.717) is 54.4 Å². The van der Waals surface area contributed by atoms with Crippen molar-refractivity contribution in [3.63, 3.8) is 0 Å². The lowest BCUT2D eigenvalue weighted by atomic mass is 10.1. The van der Waals surface area contributed by atoms with E-state index in [0.717, 1.165) is 49.2 Å². The summed E-state index contributed by atoms with van der Waals surface area (Å²) in [6.07, 6.45) is 5.70. The molecule has 41 heavy (non-hydrogen) atoms. The summed E-state index contributed by atoms with van der Waals surface area (Å²) in [5.41, 5.74) is 4.68. The number of rotatable bonds is 9. The second-order valence-corrected chi connectivity index (χ2v) is 10.7. The number of amidine groups is 1. The molecule has 0 spiro atoms. The van der Waals surface area contributed by atoms with Gasteiger partial charge in [0.1, 0.15) is 23.4 Å². The number of pyridine rings is 1. The van der Waals surface area contributed by atoms with Crippen molar-refractivity contribution in [3.8, 4) is 5.88 Å². The molecule has 0 amide bonds. The third-order valence-corrected chi connectivity index (χ3v) is 7.73. The molecule has 0 saturated carbocycles. The summed E-state index contributed by atoms with van der Waals surface area (Å²) in [5, 5.41) is 17.6. The second kappa shape index (κ2) is 12.0. The number of ether oxygens (including phenoxy) is 2. The van der Waals surface area contributed by atoms with Crippen LogP contribution in [0.4, 0.5) is 4.39 Å². The highest BCUT2D eigenvalue weighted by atomic mass is 35.5. The van der Waals surface area contributed by atoms with E-state index >= 15 is 0 Å². The van der Waals surface area contributed by atoms with Gasteiger partial charge in [-0.05, 0) is 43.0 Å². The molecule has 3 N–H and O–H groups in total. The number of hydroxylamine groups is 1. The third-order valence-electron chi connectivity index (χ3n) is 7.48. The van der Waals surface area contributed by atoms with Gasteiger partial charge in [0.2, 0.25) is 5.82 Å². The van der Waals surface area contributed by atoms with E-state index in [1.165, 1.54) is 0 Å². The van der Waals surface area contributed by atoms with Gasteiger partial charge in [-0.25, -0.2) is 9.97 Å². The van der Waals surface area contributed by atoms with Gasteiger partial charge in [-0.15, -0.1) is 0 Å². The topological polar surface area (TPSA) is 134 Å². The molecule has 2 aliphatic heterocycles. The quantitative estimate of drug-likeness (QED) is 0.154. The Morgan fingerprint density at radius 2 is 1.93 bits per heavy atom. The number of fused-ring (bicyclic) bond motifs is 1. The summed E-state index contributed by atoms with van der Waals surface area (Å²) < 4.78 is 28.4. The van der Waals surface area contributed by atoms with E-state index in [9.17, 15) is 4.39 Å². The predicted molar refractivity (Wildman–Crippen MR) is 149 cm³/mol. The molecule has 4 aromatic rings. The van der Waals surface area contributed by atoms with Crippen LogP contribution in [0.5, 0.6) is 5.88 Å². The van der Waals surface area contributed by atoms with Crippen LogP contribution in [0.1, 0.15) is 42.2 Å². The lowest BCUT2D eigenvalue weighted by molar-refractivity contribution is -0.0592. The van der Waals surface area contributed by atoms with E-state index < -0.39 is 5.82 Å². The number of hydrogen-bond donors (Lipinski definition) is 3. The SMILES string of the molecule is N=C(NO)c1cc2nc(CN3CCC(Oc4nc(Cc5ccc(Cl)cc5)ncc4F)CC3)n(C[C@@H]3CCO3)c2cn1. The van der Waals surface area contributed by atoms with Gasteiger partial charge in [-0.1, -0.05) is 23.7 Å². The largest absolute Gasteiger partial charge is 0.472 e. The molecule has 0 aliphatic carbocycles. The molecule has 0 radical (unpaired) electrons. The molecule has 3 aromatic heterocycles. The van der Waals surface area contributed by atoms with Crippen molar-refractivity contribution in [1.82, 2.24) is 34.9 Å². The first-order chi connectivity index (χ1) is 19.9. The Hall–Kier alpha value is -3.71. The molecule has 1 aromatic carbocycles. The second-order valence-electron chi connectivity index (χ2n) is 10.3. The number of aromatic nitrogens is 5. The maximum Gasteiger partial charge on any atom is 0.254 e. The Bertz CT molecular complexity index is 1540. The molecule has 6 rings (SSSR count). The maximum absolute atomic E-state index is 14.5. The van der Waals surface area contributed by atoms with Crippen molar-refractivity contribution < 1.29 is 19.1 Å². The first kappa shape index (κ1) is 27.5. The molecule has 2 saturated heterocycles. The Labute approximate surface area is 240 Å². The summed E-state index contributed by atoms with van der Waals surface area (Å²) in [7, 11) is 0. The number of piperidine rings is 1. The molecule has 2 fully saturated rings. The van der Waals surface area contributed by atoms with Crippen LogP contribution < -0.4 is 10.2 Å². The van der Waals surface area contributed by atoms with E-state index in [2.05, 4.69) is 24.4 Å². The van der Waals surface area contributed by atoms with Crippen LogP contribution in [-0.2, 0) is 24.2 Å². The Morgan fingerprint density at radius 3 is 2.63 bits per heavy atom. The van der Waals surface area contributed by atoms with Gasteiger partial charge in [0.15, 0.2) is 5.84 Å². The molecule has 5 heterocycles. The van der Waals surface area contributed by atoms with Crippen LogP contribution in [0.15, 0.2) is 42.7 Å². The lowest BCUT2D eigenvalue weighted by Crippen LogP contribution is -2.39. The molecule has 13 heteroatoms. The average molecular weight is 581 g/mol. The summed E-state index contributed by atoms with van der Waals surface area (Å²) in [5.74, 6) is 0.585. The van der Waals surface area contributed by atoms with Gasteiger partial charge in [-0.3, -0.25) is 26.0 Å². The Morgan fingerprint density at radius 1 is 1.15 bits per heavy atom. The Balaban J connectivity index is 1.11. The zero-order valence-electron chi connectivity index (χ0n) is 22.3. The highest BCUT2D eigenvalue weighted by molar-refractivity contribution is 6.30. The van der Waals surface area contributed by atoms with Crippen molar-refractivity contribution >= 4 is 28.5 Å². The number of nitrogens with one attached hydrogen (secondary N) is 2. The van der Waals surface area contributed by atoms with E-state index in [1.807, 2.05) is 17.6 Å². The molecule has 0 bridgehead atoms. The van der Waals surface area contributed by atoms with E-state index in [1.54, 1.807) is 24.4 Å². The van der Waals surface area contributed by atoms with Crippen LogP contribution in [0.25, 0.3) is 11.0 Å². The normalized spacial score (nSPS) is 17.9. The first-order valence-corrected chi connectivity index (χ1v) is 13.9. The third kappa shape index (κ3) is 6.30. The maximum atomic E-state index is 14.5. The van der Waals surface area contributed by atoms with Crippen molar-refractivity contribution in [2.75, 3.05) is 19.7 Å². The fourth-order valence-corrected chi connectivity index (χ4v) is 5.23. The van der Waals surface area contributed by atoms with Gasteiger partial charge in [-0.2, -0.15) is 9.37 Å². The highest BCUT2D eigenvalue weighted by Gasteiger charge is 2.26. The minimum atomic E-state index is -0.573. The smallest absolute Gasteiger partial charge is 0.254 e. The number of likely N-dealkylation sites (tertiary alicyclic amines) is 1. The minimum Gasteiger partial charge on any atom is -0.472 e. The van der Waals surface area contributed by atoms with Gasteiger partial charge in [0.25, 0.3) is 5.88 Å². The fraction of sp³-hybridized carbons (Fsp3) is 0.393. The molecular weight excluding hydrogens is 551 g/mol. The van der Waals surface area contributed by atoms with Crippen molar-refractivity contribution in [3.05, 3.63) is 76.5 Å². The van der Waals surface area contributed by atoms with Gasteiger partial charge in [0, 0.05) is 31.1 Å². The first-order valence-electron chi connectivity index (χ1n) is 13.6. The summed E-state index contributed by atoms with van der Waals surface area (Å²) >= 11 is 5.97. The molecule has 2 aliphatic rings. The number of hydrogen-bond acceptors (Lipinski definition) is 9.